The van der Waals surface area contributed by atoms with Crippen molar-refractivity contribution in [2.75, 3.05) is 5.73 Å². The Kier molecular flexibility index (Phi) is 3.10. The Hall–Kier alpha value is -1.16. The van der Waals surface area contributed by atoms with Gasteiger partial charge in [0.1, 0.15) is 4.75 Å². The highest BCUT2D eigenvalue weighted by Gasteiger charge is 2.42. The number of carboxylic acid groups (broad SMARTS) is 1. The molecule has 1 aromatic rings. The summed E-state index contributed by atoms with van der Waals surface area (Å²) in [6, 6.07) is 7.41. The zero-order valence-electron chi connectivity index (χ0n) is 8.98. The van der Waals surface area contributed by atoms with Crippen molar-refractivity contribution in [3.05, 3.63) is 24.3 Å². The molecule has 0 radical (unpaired) electrons. The summed E-state index contributed by atoms with van der Waals surface area (Å²) in [7, 11) is 0. The second-order valence-corrected chi connectivity index (χ2v) is 5.63. The molecule has 4 heteroatoms. The highest BCUT2D eigenvalue weighted by molar-refractivity contribution is 8.01. The zero-order valence-corrected chi connectivity index (χ0v) is 9.80. The molecule has 0 heterocycles. The molecule has 3 N–H and O–H groups in total. The average Bonchev–Trinajstić information content (AvgIpc) is 2.71. The van der Waals surface area contributed by atoms with Crippen LogP contribution in [0.3, 0.4) is 0 Å². The number of thioether (sulfide) groups is 1. The van der Waals surface area contributed by atoms with Crippen LogP contribution in [0.2, 0.25) is 0 Å². The standard InChI is InChI=1S/C12H15NO2S/c13-9-3-5-10(6-4-9)16-12(11(14)15)7-1-2-8-12/h3-6H,1-2,7-8,13H2,(H,14,15). The molecule has 0 spiro atoms. The number of nitrogens with two attached hydrogens (primary N) is 1. The van der Waals surface area contributed by atoms with Crippen LogP contribution in [0.1, 0.15) is 25.7 Å². The van der Waals surface area contributed by atoms with Crippen LogP contribution in [0.15, 0.2) is 29.2 Å². The number of carbonyl (C=O) groups is 1. The van der Waals surface area contributed by atoms with Gasteiger partial charge < -0.3 is 10.8 Å². The summed E-state index contributed by atoms with van der Waals surface area (Å²) in [5.41, 5.74) is 6.31. The molecule has 86 valence electrons. The van der Waals surface area contributed by atoms with Crippen molar-refractivity contribution >= 4 is 23.4 Å². The van der Waals surface area contributed by atoms with E-state index in [1.165, 1.54) is 11.8 Å². The van der Waals surface area contributed by atoms with Crippen LogP contribution in [0.5, 0.6) is 0 Å². The van der Waals surface area contributed by atoms with E-state index in [2.05, 4.69) is 0 Å². The Morgan fingerprint density at radius 3 is 2.31 bits per heavy atom. The monoisotopic (exact) mass is 237 g/mol. The second-order valence-electron chi connectivity index (χ2n) is 4.18. The SMILES string of the molecule is Nc1ccc(SC2(C(=O)O)CCCC2)cc1. The number of nitrogen functional groups attached to an aromatic ring is 1. The fourth-order valence-electron chi connectivity index (χ4n) is 2.07. The Bertz CT molecular complexity index is 383. The van der Waals surface area contributed by atoms with Gasteiger partial charge in [0.25, 0.3) is 0 Å². The molecule has 0 saturated heterocycles. The fraction of sp³-hybridized carbons (Fsp3) is 0.417. The van der Waals surface area contributed by atoms with Crippen LogP contribution in [0.25, 0.3) is 0 Å². The van der Waals surface area contributed by atoms with Crippen molar-refractivity contribution in [1.82, 2.24) is 0 Å². The van der Waals surface area contributed by atoms with Gasteiger partial charge in [0.05, 0.1) is 0 Å². The molecule has 0 aliphatic heterocycles. The molecule has 1 aromatic carbocycles. The summed E-state index contributed by atoms with van der Waals surface area (Å²) < 4.78 is -0.615. The third-order valence-electron chi connectivity index (χ3n) is 2.99. The first-order valence-corrected chi connectivity index (χ1v) is 6.22. The molecule has 0 atom stereocenters. The summed E-state index contributed by atoms with van der Waals surface area (Å²) in [6.07, 6.45) is 3.54. The zero-order chi connectivity index (χ0) is 11.6. The lowest BCUT2D eigenvalue weighted by Gasteiger charge is -2.22. The van der Waals surface area contributed by atoms with E-state index < -0.39 is 10.7 Å². The largest absolute Gasteiger partial charge is 0.480 e. The van der Waals surface area contributed by atoms with Crippen molar-refractivity contribution in [3.63, 3.8) is 0 Å². The van der Waals surface area contributed by atoms with Crippen LogP contribution in [-0.2, 0) is 4.79 Å². The first-order chi connectivity index (χ1) is 7.62. The van der Waals surface area contributed by atoms with E-state index in [0.717, 1.165) is 30.6 Å². The van der Waals surface area contributed by atoms with Crippen molar-refractivity contribution in [2.45, 2.75) is 35.3 Å². The second kappa shape index (κ2) is 4.37. The third-order valence-corrected chi connectivity index (χ3v) is 4.48. The minimum absolute atomic E-state index is 0.615. The highest BCUT2D eigenvalue weighted by atomic mass is 32.2. The average molecular weight is 237 g/mol. The molecule has 1 saturated carbocycles. The van der Waals surface area contributed by atoms with Gasteiger partial charge in [-0.25, -0.2) is 0 Å². The molecule has 2 rings (SSSR count). The van der Waals surface area contributed by atoms with E-state index in [4.69, 9.17) is 5.73 Å². The molecular formula is C12H15NO2S. The highest BCUT2D eigenvalue weighted by Crippen LogP contribution is 2.45. The van der Waals surface area contributed by atoms with E-state index >= 15 is 0 Å². The number of rotatable bonds is 3. The summed E-state index contributed by atoms with van der Waals surface area (Å²) in [5.74, 6) is -0.688. The molecule has 0 amide bonds. The molecule has 3 nitrogen and oxygen atoms in total. The quantitative estimate of drug-likeness (QED) is 0.793. The van der Waals surface area contributed by atoms with Crippen LogP contribution < -0.4 is 5.73 Å². The van der Waals surface area contributed by atoms with Gasteiger partial charge in [-0.05, 0) is 37.1 Å². The first-order valence-electron chi connectivity index (χ1n) is 5.40. The predicted octanol–water partition coefficient (Wildman–Crippen LogP) is 2.76. The number of hydrogen-bond acceptors (Lipinski definition) is 3. The molecule has 16 heavy (non-hydrogen) atoms. The van der Waals surface area contributed by atoms with Gasteiger partial charge in [-0.2, -0.15) is 0 Å². The number of carboxylic acids is 1. The number of anilines is 1. The van der Waals surface area contributed by atoms with Crippen LogP contribution >= 0.6 is 11.8 Å². The summed E-state index contributed by atoms with van der Waals surface area (Å²) in [5, 5.41) is 9.33. The van der Waals surface area contributed by atoms with Crippen molar-refractivity contribution in [3.8, 4) is 0 Å². The molecule has 0 aromatic heterocycles. The Morgan fingerprint density at radius 2 is 1.81 bits per heavy atom. The maximum absolute atomic E-state index is 11.3. The smallest absolute Gasteiger partial charge is 0.320 e. The van der Waals surface area contributed by atoms with Crippen LogP contribution in [-0.4, -0.2) is 15.8 Å². The van der Waals surface area contributed by atoms with Gasteiger partial charge in [-0.3, -0.25) is 4.79 Å². The Morgan fingerprint density at radius 1 is 1.25 bits per heavy atom. The van der Waals surface area contributed by atoms with Gasteiger partial charge >= 0.3 is 5.97 Å². The number of hydrogen-bond donors (Lipinski definition) is 2. The van der Waals surface area contributed by atoms with Crippen molar-refractivity contribution in [2.24, 2.45) is 0 Å². The van der Waals surface area contributed by atoms with Crippen molar-refractivity contribution < 1.29 is 9.90 Å². The molecule has 1 fully saturated rings. The first kappa shape index (κ1) is 11.3. The van der Waals surface area contributed by atoms with E-state index in [0.29, 0.717) is 5.69 Å². The van der Waals surface area contributed by atoms with Gasteiger partial charge in [0.2, 0.25) is 0 Å². The molecule has 0 bridgehead atoms. The van der Waals surface area contributed by atoms with E-state index in [1.807, 2.05) is 24.3 Å². The third kappa shape index (κ3) is 2.16. The summed E-state index contributed by atoms with van der Waals surface area (Å²) in [4.78, 5) is 12.3. The summed E-state index contributed by atoms with van der Waals surface area (Å²) >= 11 is 1.46. The predicted molar refractivity (Wildman–Crippen MR) is 65.5 cm³/mol. The lowest BCUT2D eigenvalue weighted by Crippen LogP contribution is -2.31. The Labute approximate surface area is 99.0 Å². The van der Waals surface area contributed by atoms with E-state index in [1.54, 1.807) is 0 Å². The molecule has 1 aliphatic carbocycles. The molecular weight excluding hydrogens is 222 g/mol. The van der Waals surface area contributed by atoms with Gasteiger partial charge in [0.15, 0.2) is 0 Å². The minimum atomic E-state index is -0.688. The van der Waals surface area contributed by atoms with Gasteiger partial charge in [-0.1, -0.05) is 12.8 Å². The summed E-state index contributed by atoms with van der Waals surface area (Å²) in [6.45, 7) is 0. The van der Waals surface area contributed by atoms with Crippen molar-refractivity contribution in [1.29, 1.82) is 0 Å². The lowest BCUT2D eigenvalue weighted by atomic mass is 10.1. The number of aliphatic carboxylic acids is 1. The van der Waals surface area contributed by atoms with E-state index in [9.17, 15) is 9.90 Å². The maximum Gasteiger partial charge on any atom is 0.320 e. The van der Waals surface area contributed by atoms with E-state index in [-0.39, 0.29) is 0 Å². The minimum Gasteiger partial charge on any atom is -0.480 e. The van der Waals surface area contributed by atoms with Crippen LogP contribution in [0, 0.1) is 0 Å². The fourth-order valence-corrected chi connectivity index (χ4v) is 3.37. The molecule has 1 aliphatic rings. The van der Waals surface area contributed by atoms with Crippen LogP contribution in [0.4, 0.5) is 5.69 Å². The van der Waals surface area contributed by atoms with Gasteiger partial charge in [-0.15, -0.1) is 11.8 Å². The normalized spacial score (nSPS) is 18.5. The maximum atomic E-state index is 11.3. The molecule has 0 unspecified atom stereocenters. The topological polar surface area (TPSA) is 63.3 Å². The van der Waals surface area contributed by atoms with Gasteiger partial charge in [0, 0.05) is 10.6 Å². The lowest BCUT2D eigenvalue weighted by molar-refractivity contribution is -0.139. The Balaban J connectivity index is 2.18. The number of benzene rings is 1.